The van der Waals surface area contributed by atoms with Crippen molar-refractivity contribution in [3.63, 3.8) is 0 Å². The van der Waals surface area contributed by atoms with Crippen LogP contribution in [0.4, 0.5) is 4.79 Å². The van der Waals surface area contributed by atoms with Gasteiger partial charge in [0, 0.05) is 39.3 Å². The van der Waals surface area contributed by atoms with Crippen molar-refractivity contribution in [2.24, 2.45) is 4.99 Å². The Morgan fingerprint density at radius 3 is 2.19 bits per heavy atom. The third-order valence-corrected chi connectivity index (χ3v) is 5.18. The number of amides is 2. The van der Waals surface area contributed by atoms with Crippen LogP contribution in [0.2, 0.25) is 0 Å². The summed E-state index contributed by atoms with van der Waals surface area (Å²) < 4.78 is 11.0. The number of ether oxygens (including phenoxy) is 2. The molecular formula is C21H40IN5O4. The molecule has 0 bridgehead atoms. The number of carbonyl (C=O) groups excluding carboxylic acids is 2. The molecule has 31 heavy (non-hydrogen) atoms. The molecule has 0 radical (unpaired) electrons. The van der Waals surface area contributed by atoms with Crippen LogP contribution in [0, 0.1) is 0 Å². The van der Waals surface area contributed by atoms with E-state index in [0.717, 1.165) is 45.1 Å². The lowest BCUT2D eigenvalue weighted by atomic mass is 9.91. The van der Waals surface area contributed by atoms with Crippen LogP contribution in [-0.4, -0.2) is 80.4 Å². The normalized spacial score (nSPS) is 24.0. The van der Waals surface area contributed by atoms with Crippen LogP contribution in [-0.2, 0) is 14.3 Å². The molecule has 1 aliphatic heterocycles. The maximum absolute atomic E-state index is 12.0. The van der Waals surface area contributed by atoms with E-state index in [1.165, 1.54) is 4.90 Å². The second-order valence-corrected chi connectivity index (χ2v) is 9.31. The van der Waals surface area contributed by atoms with E-state index in [-0.39, 0.29) is 60.7 Å². The predicted octanol–water partition coefficient (Wildman–Crippen LogP) is 2.24. The van der Waals surface area contributed by atoms with Crippen LogP contribution in [0.5, 0.6) is 0 Å². The van der Waals surface area contributed by atoms with Gasteiger partial charge in [0.1, 0.15) is 12.1 Å². The molecule has 9 nitrogen and oxygen atoms in total. The van der Waals surface area contributed by atoms with Crippen LogP contribution < -0.4 is 16.0 Å². The first-order chi connectivity index (χ1) is 14.1. The molecule has 0 aromatic heterocycles. The van der Waals surface area contributed by atoms with Gasteiger partial charge >= 0.3 is 6.09 Å². The van der Waals surface area contributed by atoms with Crippen LogP contribution in [0.1, 0.15) is 59.3 Å². The summed E-state index contributed by atoms with van der Waals surface area (Å²) in [7, 11) is 3.45. The molecule has 1 heterocycles. The van der Waals surface area contributed by atoms with Gasteiger partial charge in [-0.3, -0.25) is 4.79 Å². The van der Waals surface area contributed by atoms with Crippen LogP contribution in [0.25, 0.3) is 0 Å². The Morgan fingerprint density at radius 2 is 1.68 bits per heavy atom. The van der Waals surface area contributed by atoms with E-state index in [0.29, 0.717) is 12.5 Å². The zero-order valence-electron chi connectivity index (χ0n) is 19.5. The molecule has 1 atom stereocenters. The number of rotatable bonds is 6. The molecule has 2 aliphatic rings. The van der Waals surface area contributed by atoms with Gasteiger partial charge in [-0.2, -0.15) is 0 Å². The minimum Gasteiger partial charge on any atom is -0.444 e. The lowest BCUT2D eigenvalue weighted by molar-refractivity contribution is -0.127. The topological polar surface area (TPSA) is 104 Å². The summed E-state index contributed by atoms with van der Waals surface area (Å²) >= 11 is 0. The molecule has 2 rings (SSSR count). The molecule has 1 saturated carbocycles. The highest BCUT2D eigenvalue weighted by Crippen LogP contribution is 2.19. The molecule has 180 valence electrons. The van der Waals surface area contributed by atoms with Crippen LogP contribution in [0.3, 0.4) is 0 Å². The Bertz CT molecular complexity index is 595. The van der Waals surface area contributed by atoms with Crippen molar-refractivity contribution in [1.82, 2.24) is 20.9 Å². The van der Waals surface area contributed by atoms with Crippen molar-refractivity contribution < 1.29 is 19.1 Å². The molecule has 3 N–H and O–H groups in total. The number of aliphatic imine (C=N–C) groups is 1. The van der Waals surface area contributed by atoms with Crippen molar-refractivity contribution in [3.8, 4) is 0 Å². The van der Waals surface area contributed by atoms with E-state index in [4.69, 9.17) is 9.47 Å². The number of alkyl carbamates (subject to hydrolysis) is 1. The van der Waals surface area contributed by atoms with E-state index < -0.39 is 5.60 Å². The Hall–Kier alpha value is -1.30. The number of hydrogen-bond donors (Lipinski definition) is 3. The van der Waals surface area contributed by atoms with E-state index >= 15 is 0 Å². The van der Waals surface area contributed by atoms with Gasteiger partial charge in [0.15, 0.2) is 5.96 Å². The fourth-order valence-electron chi connectivity index (χ4n) is 3.51. The van der Waals surface area contributed by atoms with Gasteiger partial charge in [0.25, 0.3) is 0 Å². The van der Waals surface area contributed by atoms with E-state index in [1.54, 1.807) is 14.1 Å². The van der Waals surface area contributed by atoms with Crippen molar-refractivity contribution in [3.05, 3.63) is 0 Å². The summed E-state index contributed by atoms with van der Waals surface area (Å²) in [4.78, 5) is 29.9. The minimum atomic E-state index is -0.493. The third kappa shape index (κ3) is 11.2. The maximum atomic E-state index is 12.0. The number of nitrogens with one attached hydrogen (secondary N) is 3. The lowest BCUT2D eigenvalue weighted by Gasteiger charge is -2.31. The second kappa shape index (κ2) is 13.3. The smallest absolute Gasteiger partial charge is 0.407 e. The maximum Gasteiger partial charge on any atom is 0.407 e. The van der Waals surface area contributed by atoms with Gasteiger partial charge < -0.3 is 30.3 Å². The van der Waals surface area contributed by atoms with E-state index in [2.05, 4.69) is 20.9 Å². The molecule has 1 aliphatic carbocycles. The van der Waals surface area contributed by atoms with Gasteiger partial charge in [-0.1, -0.05) is 0 Å². The minimum absolute atomic E-state index is 0. The first kappa shape index (κ1) is 27.7. The SMILES string of the molecule is CN(C)C(=O)CN=C(NCC1CCCO1)NC1CCC(NC(=O)OC(C)(C)C)CC1.I. The summed E-state index contributed by atoms with van der Waals surface area (Å²) in [5.74, 6) is 0.600. The Balaban J connectivity index is 0.00000480. The average molecular weight is 553 g/mol. The molecule has 1 saturated heterocycles. The van der Waals surface area contributed by atoms with E-state index in [1.807, 2.05) is 20.8 Å². The van der Waals surface area contributed by atoms with Gasteiger partial charge in [0.05, 0.1) is 6.10 Å². The molecule has 2 fully saturated rings. The number of carbonyl (C=O) groups is 2. The van der Waals surface area contributed by atoms with Crippen molar-refractivity contribution in [2.45, 2.75) is 83.1 Å². The first-order valence-electron chi connectivity index (χ1n) is 11.0. The van der Waals surface area contributed by atoms with Gasteiger partial charge in [0.2, 0.25) is 5.91 Å². The predicted molar refractivity (Wildman–Crippen MR) is 132 cm³/mol. The number of hydrogen-bond acceptors (Lipinski definition) is 5. The van der Waals surface area contributed by atoms with Crippen molar-refractivity contribution >= 4 is 41.9 Å². The largest absolute Gasteiger partial charge is 0.444 e. The summed E-state index contributed by atoms with van der Waals surface area (Å²) in [6, 6.07) is 0.361. The van der Waals surface area contributed by atoms with Gasteiger partial charge in [-0.05, 0) is 59.3 Å². The van der Waals surface area contributed by atoms with E-state index in [9.17, 15) is 9.59 Å². The van der Waals surface area contributed by atoms with Crippen molar-refractivity contribution in [1.29, 1.82) is 0 Å². The quantitative estimate of drug-likeness (QED) is 0.265. The Labute approximate surface area is 203 Å². The Morgan fingerprint density at radius 1 is 1.06 bits per heavy atom. The van der Waals surface area contributed by atoms with Crippen molar-refractivity contribution in [2.75, 3.05) is 33.8 Å². The molecule has 0 aromatic rings. The standard InChI is InChI=1S/C21H39N5O4.HI/c1-21(2,3)30-20(28)25-16-10-8-15(9-11-16)24-19(23-14-18(27)26(4)5)22-13-17-7-6-12-29-17;/h15-17H,6-14H2,1-5H3,(H,25,28)(H2,22,23,24);1H. The number of nitrogens with zero attached hydrogens (tertiary/aromatic N) is 2. The summed E-state index contributed by atoms with van der Waals surface area (Å²) in [5, 5.41) is 9.74. The fraction of sp³-hybridized carbons (Fsp3) is 0.857. The van der Waals surface area contributed by atoms with Gasteiger partial charge in [-0.25, -0.2) is 9.79 Å². The number of guanidine groups is 1. The zero-order chi connectivity index (χ0) is 22.1. The molecule has 0 spiro atoms. The molecule has 2 amide bonds. The van der Waals surface area contributed by atoms with Crippen LogP contribution in [0.15, 0.2) is 4.99 Å². The monoisotopic (exact) mass is 553 g/mol. The summed E-state index contributed by atoms with van der Waals surface area (Å²) in [5.41, 5.74) is -0.493. The first-order valence-corrected chi connectivity index (χ1v) is 11.0. The van der Waals surface area contributed by atoms with Crippen LogP contribution >= 0.6 is 24.0 Å². The summed E-state index contributed by atoms with van der Waals surface area (Å²) in [6.45, 7) is 7.16. The number of halogens is 1. The number of likely N-dealkylation sites (N-methyl/N-ethyl adjacent to an activating group) is 1. The Kier molecular flexibility index (Phi) is 11.9. The second-order valence-electron chi connectivity index (χ2n) is 9.31. The fourth-order valence-corrected chi connectivity index (χ4v) is 3.51. The van der Waals surface area contributed by atoms with Gasteiger partial charge in [-0.15, -0.1) is 24.0 Å². The highest BCUT2D eigenvalue weighted by molar-refractivity contribution is 14.0. The molecule has 0 aromatic carbocycles. The highest BCUT2D eigenvalue weighted by atomic mass is 127. The molecule has 10 heteroatoms. The third-order valence-electron chi connectivity index (χ3n) is 5.18. The zero-order valence-corrected chi connectivity index (χ0v) is 21.9. The molecular weight excluding hydrogens is 513 g/mol. The molecule has 1 unspecified atom stereocenters. The lowest BCUT2D eigenvalue weighted by Crippen LogP contribution is -2.49. The average Bonchev–Trinajstić information content (AvgIpc) is 3.17. The highest BCUT2D eigenvalue weighted by Gasteiger charge is 2.25. The summed E-state index contributed by atoms with van der Waals surface area (Å²) in [6.07, 6.45) is 5.50.